The van der Waals surface area contributed by atoms with Crippen molar-refractivity contribution in [1.82, 2.24) is 0 Å². The SMILES string of the molecule is Cc1coc(C)c1C(=O)c1ccc([P+](=O)c2ccccc2)cc1. The topological polar surface area (TPSA) is 47.3 Å². The van der Waals surface area contributed by atoms with Gasteiger partial charge in [0.1, 0.15) is 5.76 Å². The van der Waals surface area contributed by atoms with Gasteiger partial charge in [-0.3, -0.25) is 4.79 Å². The molecule has 0 aliphatic heterocycles. The standard InChI is InChI=1S/C19H16O3P/c1-13-12-22-14(2)18(13)19(20)15-8-10-17(11-9-15)23(21)16-6-4-3-5-7-16/h3-12H,1-2H3/q+1. The monoisotopic (exact) mass is 323 g/mol. The highest BCUT2D eigenvalue weighted by Gasteiger charge is 2.24. The first kappa shape index (κ1) is 15.4. The maximum absolute atomic E-state index is 12.6. The van der Waals surface area contributed by atoms with E-state index in [9.17, 15) is 9.36 Å². The Kier molecular flexibility index (Phi) is 4.22. The highest BCUT2D eigenvalue weighted by atomic mass is 31.1. The van der Waals surface area contributed by atoms with E-state index in [2.05, 4.69) is 0 Å². The molecule has 114 valence electrons. The minimum atomic E-state index is -1.64. The fourth-order valence-corrected chi connectivity index (χ4v) is 3.68. The Hall–Kier alpha value is -2.51. The summed E-state index contributed by atoms with van der Waals surface area (Å²) in [6.07, 6.45) is 1.59. The van der Waals surface area contributed by atoms with Crippen molar-refractivity contribution in [2.24, 2.45) is 0 Å². The maximum atomic E-state index is 12.6. The van der Waals surface area contributed by atoms with E-state index in [0.29, 0.717) is 22.2 Å². The van der Waals surface area contributed by atoms with Crippen molar-refractivity contribution in [3.8, 4) is 0 Å². The molecule has 0 aliphatic rings. The molecule has 0 aliphatic carbocycles. The molecule has 3 nitrogen and oxygen atoms in total. The third-order valence-electron chi connectivity index (χ3n) is 3.74. The van der Waals surface area contributed by atoms with Crippen molar-refractivity contribution in [1.29, 1.82) is 0 Å². The van der Waals surface area contributed by atoms with E-state index in [1.165, 1.54) is 0 Å². The molecule has 0 saturated heterocycles. The Balaban J connectivity index is 1.88. The van der Waals surface area contributed by atoms with Crippen molar-refractivity contribution in [2.45, 2.75) is 13.8 Å². The molecule has 0 fully saturated rings. The lowest BCUT2D eigenvalue weighted by atomic mass is 10.0. The molecular formula is C19H16O3P+. The Labute approximate surface area is 135 Å². The zero-order valence-corrected chi connectivity index (χ0v) is 13.8. The summed E-state index contributed by atoms with van der Waals surface area (Å²) in [4.78, 5) is 12.6. The van der Waals surface area contributed by atoms with Crippen LogP contribution in [0.15, 0.2) is 65.3 Å². The van der Waals surface area contributed by atoms with Crippen LogP contribution in [0.4, 0.5) is 0 Å². The van der Waals surface area contributed by atoms with Crippen LogP contribution in [0.2, 0.25) is 0 Å². The van der Waals surface area contributed by atoms with Gasteiger partial charge in [0, 0.05) is 5.56 Å². The first-order valence-electron chi connectivity index (χ1n) is 7.29. The fourth-order valence-electron chi connectivity index (χ4n) is 2.52. The van der Waals surface area contributed by atoms with Gasteiger partial charge < -0.3 is 4.42 Å². The minimum absolute atomic E-state index is 0.0739. The van der Waals surface area contributed by atoms with Crippen LogP contribution in [0.25, 0.3) is 0 Å². The van der Waals surface area contributed by atoms with E-state index in [-0.39, 0.29) is 5.78 Å². The van der Waals surface area contributed by atoms with Gasteiger partial charge in [0.15, 0.2) is 16.4 Å². The van der Waals surface area contributed by atoms with Crippen molar-refractivity contribution in [3.63, 3.8) is 0 Å². The highest BCUT2D eigenvalue weighted by Crippen LogP contribution is 2.22. The van der Waals surface area contributed by atoms with Crippen LogP contribution in [0.1, 0.15) is 27.2 Å². The van der Waals surface area contributed by atoms with Gasteiger partial charge in [-0.15, -0.1) is 0 Å². The number of benzene rings is 2. The van der Waals surface area contributed by atoms with Crippen LogP contribution in [0.5, 0.6) is 0 Å². The summed E-state index contributed by atoms with van der Waals surface area (Å²) in [5.74, 6) is 0.544. The predicted octanol–water partition coefficient (Wildman–Crippen LogP) is 3.91. The molecule has 1 aromatic heterocycles. The molecule has 4 heteroatoms. The van der Waals surface area contributed by atoms with Crippen LogP contribution >= 0.6 is 7.80 Å². The Morgan fingerprint density at radius 1 is 0.913 bits per heavy atom. The summed E-state index contributed by atoms with van der Waals surface area (Å²) in [6.45, 7) is 3.63. The van der Waals surface area contributed by atoms with Gasteiger partial charge in [0.25, 0.3) is 0 Å². The zero-order chi connectivity index (χ0) is 16.4. The van der Waals surface area contributed by atoms with Gasteiger partial charge in [0.05, 0.1) is 11.8 Å². The fraction of sp³-hybridized carbons (Fsp3) is 0.105. The highest BCUT2D eigenvalue weighted by molar-refractivity contribution is 7.61. The molecule has 1 atom stereocenters. The van der Waals surface area contributed by atoms with E-state index >= 15 is 0 Å². The molecule has 3 aromatic rings. The molecule has 0 spiro atoms. The van der Waals surface area contributed by atoms with E-state index in [1.807, 2.05) is 37.3 Å². The first-order chi connectivity index (χ1) is 11.1. The lowest BCUT2D eigenvalue weighted by Crippen LogP contribution is -2.08. The van der Waals surface area contributed by atoms with Gasteiger partial charge in [-0.05, 0) is 55.8 Å². The number of carbonyl (C=O) groups is 1. The average Bonchev–Trinajstić information content (AvgIpc) is 2.93. The van der Waals surface area contributed by atoms with Gasteiger partial charge in [-0.1, -0.05) is 22.8 Å². The van der Waals surface area contributed by atoms with Crippen molar-refractivity contribution >= 4 is 24.2 Å². The smallest absolute Gasteiger partial charge is 0.415 e. The van der Waals surface area contributed by atoms with Gasteiger partial charge in [-0.25, -0.2) is 0 Å². The number of rotatable bonds is 4. The second-order valence-corrected chi connectivity index (χ2v) is 6.98. The van der Waals surface area contributed by atoms with Crippen LogP contribution < -0.4 is 10.6 Å². The summed E-state index contributed by atoms with van der Waals surface area (Å²) < 4.78 is 17.8. The van der Waals surface area contributed by atoms with Crippen LogP contribution in [-0.4, -0.2) is 5.78 Å². The Bertz CT molecular complexity index is 842. The number of hydrogen-bond donors (Lipinski definition) is 0. The van der Waals surface area contributed by atoms with Gasteiger partial charge in [-0.2, -0.15) is 0 Å². The molecule has 0 saturated carbocycles. The van der Waals surface area contributed by atoms with E-state index in [4.69, 9.17) is 4.42 Å². The number of hydrogen-bond acceptors (Lipinski definition) is 3. The number of furan rings is 1. The molecule has 0 radical (unpaired) electrons. The molecule has 23 heavy (non-hydrogen) atoms. The molecule has 0 amide bonds. The lowest BCUT2D eigenvalue weighted by molar-refractivity contribution is 0.103. The van der Waals surface area contributed by atoms with Gasteiger partial charge >= 0.3 is 7.80 Å². The first-order valence-corrected chi connectivity index (χ1v) is 8.55. The molecule has 0 N–H and O–H groups in total. The van der Waals surface area contributed by atoms with E-state index < -0.39 is 7.80 Å². The van der Waals surface area contributed by atoms with Crippen molar-refractivity contribution in [2.75, 3.05) is 0 Å². The second-order valence-electron chi connectivity index (χ2n) is 5.36. The number of aryl methyl sites for hydroxylation is 2. The molecule has 2 aromatic carbocycles. The summed E-state index contributed by atoms with van der Waals surface area (Å²) in [6, 6.07) is 16.3. The summed E-state index contributed by atoms with van der Waals surface area (Å²) in [5.41, 5.74) is 2.00. The van der Waals surface area contributed by atoms with Crippen LogP contribution in [-0.2, 0) is 4.57 Å². The zero-order valence-electron chi connectivity index (χ0n) is 12.9. The molecule has 0 bridgehead atoms. The molecule has 3 rings (SSSR count). The third kappa shape index (κ3) is 3.01. The quantitative estimate of drug-likeness (QED) is 0.540. The second kappa shape index (κ2) is 6.31. The maximum Gasteiger partial charge on any atom is 0.415 e. The summed E-state index contributed by atoms with van der Waals surface area (Å²) in [5, 5.41) is 1.49. The summed E-state index contributed by atoms with van der Waals surface area (Å²) in [7, 11) is -1.64. The average molecular weight is 323 g/mol. The number of ketones is 1. The molecule has 1 heterocycles. The Morgan fingerprint density at radius 2 is 1.52 bits per heavy atom. The van der Waals surface area contributed by atoms with E-state index in [1.54, 1.807) is 37.5 Å². The van der Waals surface area contributed by atoms with Gasteiger partial charge in [0.2, 0.25) is 0 Å². The summed E-state index contributed by atoms with van der Waals surface area (Å²) >= 11 is 0. The molecule has 1 unspecified atom stereocenters. The third-order valence-corrected chi connectivity index (χ3v) is 5.27. The van der Waals surface area contributed by atoms with E-state index in [0.717, 1.165) is 10.9 Å². The lowest BCUT2D eigenvalue weighted by Gasteiger charge is -2.01. The van der Waals surface area contributed by atoms with Crippen LogP contribution in [0.3, 0.4) is 0 Å². The number of carbonyl (C=O) groups excluding carboxylic acids is 1. The molecular weight excluding hydrogens is 307 g/mol. The van der Waals surface area contributed by atoms with Crippen LogP contribution in [0, 0.1) is 13.8 Å². The van der Waals surface area contributed by atoms with Crippen molar-refractivity contribution in [3.05, 3.63) is 83.3 Å². The van der Waals surface area contributed by atoms with Crippen molar-refractivity contribution < 1.29 is 13.8 Å². The Morgan fingerprint density at radius 3 is 2.09 bits per heavy atom. The normalized spacial score (nSPS) is 11.3. The predicted molar refractivity (Wildman–Crippen MR) is 91.4 cm³/mol. The largest absolute Gasteiger partial charge is 0.469 e. The minimum Gasteiger partial charge on any atom is -0.469 e.